The minimum atomic E-state index is -4.41. The van der Waals surface area contributed by atoms with Crippen LogP contribution in [0, 0.1) is 5.82 Å². The van der Waals surface area contributed by atoms with E-state index < -0.39 is 11.3 Å². The summed E-state index contributed by atoms with van der Waals surface area (Å²) in [4.78, 5) is 11.4. The lowest BCUT2D eigenvalue weighted by atomic mass is 10.1. The van der Waals surface area contributed by atoms with Crippen molar-refractivity contribution in [3.8, 4) is 21.8 Å². The first-order valence-corrected chi connectivity index (χ1v) is 9.77. The normalized spacial score (nSPS) is 11.9. The Morgan fingerprint density at radius 1 is 1.21 bits per heavy atom. The van der Waals surface area contributed by atoms with Crippen molar-refractivity contribution >= 4 is 51.6 Å². The first-order valence-electron chi connectivity index (χ1n) is 7.70. The van der Waals surface area contributed by atoms with Crippen LogP contribution in [0.3, 0.4) is 0 Å². The zero-order chi connectivity index (χ0) is 19.9. The number of fused-ring (bicyclic) bond motifs is 1. The maximum absolute atomic E-state index is 14.4. The summed E-state index contributed by atoms with van der Waals surface area (Å²) in [6, 6.07) is 6.13. The summed E-state index contributed by atoms with van der Waals surface area (Å²) in [6.45, 7) is 0. The van der Waals surface area contributed by atoms with Crippen LogP contribution in [-0.4, -0.2) is 20.5 Å². The smallest absolute Gasteiger partial charge is 0.346 e. The predicted octanol–water partition coefficient (Wildman–Crippen LogP) is 6.73. The van der Waals surface area contributed by atoms with Gasteiger partial charge < -0.3 is 9.71 Å². The summed E-state index contributed by atoms with van der Waals surface area (Å²) >= 11 is 7.09. The number of aromatic amines is 1. The highest BCUT2D eigenvalue weighted by Gasteiger charge is 2.29. The lowest BCUT2D eigenvalue weighted by molar-refractivity contribution is -0.0323. The molecule has 2 N–H and O–H groups in total. The third-order valence-electron chi connectivity index (χ3n) is 3.79. The minimum Gasteiger partial charge on any atom is -0.346 e. The van der Waals surface area contributed by atoms with Crippen molar-refractivity contribution in [2.24, 2.45) is 0 Å². The molecule has 0 saturated heterocycles. The number of aromatic nitrogens is 3. The van der Waals surface area contributed by atoms with E-state index >= 15 is 0 Å². The van der Waals surface area contributed by atoms with Crippen LogP contribution in [-0.2, 0) is 0 Å². The molecule has 0 unspecified atom stereocenters. The Balaban J connectivity index is 1.66. The van der Waals surface area contributed by atoms with Crippen molar-refractivity contribution in [2.75, 3.05) is 4.72 Å². The Kier molecular flexibility index (Phi) is 4.94. The van der Waals surface area contributed by atoms with Crippen LogP contribution in [0.15, 0.2) is 42.0 Å². The maximum atomic E-state index is 14.4. The van der Waals surface area contributed by atoms with Gasteiger partial charge in [0.15, 0.2) is 5.82 Å². The van der Waals surface area contributed by atoms with Crippen LogP contribution in [0.1, 0.15) is 0 Å². The molecule has 4 rings (SSSR count). The number of benzene rings is 1. The van der Waals surface area contributed by atoms with E-state index in [1.165, 1.54) is 23.5 Å². The molecule has 1 aromatic carbocycles. The highest BCUT2D eigenvalue weighted by Crippen LogP contribution is 2.38. The van der Waals surface area contributed by atoms with E-state index in [0.717, 1.165) is 6.20 Å². The van der Waals surface area contributed by atoms with Gasteiger partial charge in [-0.1, -0.05) is 11.6 Å². The molecular weight excluding hydrogens is 436 g/mol. The number of anilines is 1. The average Bonchev–Trinajstić information content (AvgIpc) is 3.29. The van der Waals surface area contributed by atoms with Crippen molar-refractivity contribution in [1.82, 2.24) is 15.0 Å². The number of pyridine rings is 1. The SMILES string of the molecule is Fc1cnc2[nH]ccc2c1-c1nc(-c2ccc(NSC(F)(F)F)cc2Cl)cs1. The van der Waals surface area contributed by atoms with Gasteiger partial charge in [0.05, 0.1) is 34.4 Å². The fraction of sp³-hybridized carbons (Fsp3) is 0.0588. The molecule has 0 aliphatic heterocycles. The largest absolute Gasteiger partial charge is 0.461 e. The van der Waals surface area contributed by atoms with Crippen LogP contribution in [0.2, 0.25) is 5.02 Å². The van der Waals surface area contributed by atoms with Crippen LogP contribution in [0.4, 0.5) is 23.2 Å². The Bertz CT molecular complexity index is 1160. The number of hydrogen-bond acceptors (Lipinski definition) is 5. The van der Waals surface area contributed by atoms with E-state index in [-0.39, 0.29) is 22.7 Å². The molecule has 144 valence electrons. The van der Waals surface area contributed by atoms with E-state index in [1.807, 2.05) is 0 Å². The fourth-order valence-electron chi connectivity index (χ4n) is 2.62. The van der Waals surface area contributed by atoms with Crippen molar-refractivity contribution in [3.63, 3.8) is 0 Å². The molecule has 0 spiro atoms. The van der Waals surface area contributed by atoms with E-state index in [9.17, 15) is 17.6 Å². The monoisotopic (exact) mass is 444 g/mol. The number of nitrogens with zero attached hydrogens (tertiary/aromatic N) is 2. The Morgan fingerprint density at radius 3 is 2.79 bits per heavy atom. The minimum absolute atomic E-state index is 0.209. The predicted molar refractivity (Wildman–Crippen MR) is 105 cm³/mol. The zero-order valence-electron chi connectivity index (χ0n) is 13.6. The molecule has 0 fully saturated rings. The molecule has 28 heavy (non-hydrogen) atoms. The second-order valence-electron chi connectivity index (χ2n) is 5.60. The van der Waals surface area contributed by atoms with Crippen LogP contribution >= 0.6 is 34.9 Å². The number of alkyl halides is 3. The van der Waals surface area contributed by atoms with Crippen LogP contribution in [0.25, 0.3) is 32.9 Å². The molecule has 11 heteroatoms. The van der Waals surface area contributed by atoms with Gasteiger partial charge in [-0.05, 0) is 24.3 Å². The standard InChI is InChI=1S/C17H9ClF4N4S2/c18-11-5-8(26-28-17(20,21)22)1-2-9(11)13-7-27-16(25-13)14-10-3-4-23-15(10)24-6-12(14)19/h1-7,26H,(H,23,24). The van der Waals surface area contributed by atoms with Gasteiger partial charge in [0.25, 0.3) is 0 Å². The van der Waals surface area contributed by atoms with Crippen LogP contribution in [0.5, 0.6) is 0 Å². The molecule has 0 bridgehead atoms. The lowest BCUT2D eigenvalue weighted by Gasteiger charge is -2.09. The Hall–Kier alpha value is -2.30. The summed E-state index contributed by atoms with van der Waals surface area (Å²) in [5, 5.41) is 3.00. The molecule has 0 aliphatic carbocycles. The summed E-state index contributed by atoms with van der Waals surface area (Å²) in [5.41, 5.74) is -2.29. The van der Waals surface area contributed by atoms with Gasteiger partial charge in [-0.15, -0.1) is 11.3 Å². The summed E-state index contributed by atoms with van der Waals surface area (Å²) in [5.74, 6) is -0.497. The molecular formula is C17H9ClF4N4S2. The van der Waals surface area contributed by atoms with E-state index in [0.29, 0.717) is 32.9 Å². The van der Waals surface area contributed by atoms with E-state index in [2.05, 4.69) is 19.7 Å². The van der Waals surface area contributed by atoms with Crippen molar-refractivity contribution < 1.29 is 17.6 Å². The second-order valence-corrected chi connectivity index (χ2v) is 7.74. The number of halogens is 5. The van der Waals surface area contributed by atoms with Crippen molar-refractivity contribution in [3.05, 3.63) is 52.9 Å². The summed E-state index contributed by atoms with van der Waals surface area (Å²) < 4.78 is 53.4. The van der Waals surface area contributed by atoms with Gasteiger partial charge in [0.1, 0.15) is 10.7 Å². The highest BCUT2D eigenvalue weighted by molar-refractivity contribution is 8.01. The molecule has 4 nitrogen and oxygen atoms in total. The van der Waals surface area contributed by atoms with E-state index in [4.69, 9.17) is 11.6 Å². The third kappa shape index (κ3) is 3.80. The Labute approximate surface area is 169 Å². The number of rotatable bonds is 4. The van der Waals surface area contributed by atoms with Gasteiger partial charge in [-0.2, -0.15) is 13.2 Å². The number of hydrogen-bond donors (Lipinski definition) is 2. The summed E-state index contributed by atoms with van der Waals surface area (Å²) in [7, 11) is 0. The van der Waals surface area contributed by atoms with Crippen molar-refractivity contribution in [1.29, 1.82) is 0 Å². The molecule has 0 aliphatic rings. The fourth-order valence-corrected chi connectivity index (χ4v) is 4.13. The molecule has 0 saturated carbocycles. The van der Waals surface area contributed by atoms with Gasteiger partial charge in [0.2, 0.25) is 0 Å². The van der Waals surface area contributed by atoms with Crippen molar-refractivity contribution in [2.45, 2.75) is 5.51 Å². The lowest BCUT2D eigenvalue weighted by Crippen LogP contribution is -2.04. The number of nitrogens with one attached hydrogen (secondary N) is 2. The highest BCUT2D eigenvalue weighted by atomic mass is 35.5. The topological polar surface area (TPSA) is 53.6 Å². The molecule has 0 atom stereocenters. The van der Waals surface area contributed by atoms with Gasteiger partial charge >= 0.3 is 5.51 Å². The average molecular weight is 445 g/mol. The quantitative estimate of drug-likeness (QED) is 0.271. The van der Waals surface area contributed by atoms with Crippen LogP contribution < -0.4 is 4.72 Å². The third-order valence-corrected chi connectivity index (χ3v) is 5.53. The molecule has 4 aromatic rings. The maximum Gasteiger partial charge on any atom is 0.461 e. The molecule has 3 aromatic heterocycles. The molecule has 0 radical (unpaired) electrons. The number of H-pyrrole nitrogens is 1. The first kappa shape index (κ1) is 19.0. The van der Waals surface area contributed by atoms with Gasteiger partial charge in [0, 0.05) is 28.2 Å². The van der Waals surface area contributed by atoms with E-state index in [1.54, 1.807) is 23.7 Å². The molecule has 0 amide bonds. The first-order chi connectivity index (χ1) is 13.3. The zero-order valence-corrected chi connectivity index (χ0v) is 16.0. The van der Waals surface area contributed by atoms with Gasteiger partial charge in [-0.25, -0.2) is 14.4 Å². The van der Waals surface area contributed by atoms with Gasteiger partial charge in [-0.3, -0.25) is 0 Å². The number of thiazole rings is 1. The Morgan fingerprint density at radius 2 is 2.04 bits per heavy atom. The molecule has 3 heterocycles. The summed E-state index contributed by atoms with van der Waals surface area (Å²) in [6.07, 6.45) is 2.79. The second kappa shape index (κ2) is 7.26.